The number of ether oxygens (including phenoxy) is 2. The zero-order valence-corrected chi connectivity index (χ0v) is 23.1. The molecule has 3 heterocycles. The molecule has 1 aliphatic carbocycles. The molecule has 4 rings (SSSR count). The molecule has 36 heavy (non-hydrogen) atoms. The third-order valence-corrected chi connectivity index (χ3v) is 7.80. The molecular weight excluding hydrogens is 466 g/mol. The number of fused-ring (bicyclic) bond motifs is 1. The largest absolute Gasteiger partial charge is 0.444 e. The lowest BCUT2D eigenvalue weighted by Gasteiger charge is -2.37. The lowest BCUT2D eigenvalue weighted by Crippen LogP contribution is -2.38. The van der Waals surface area contributed by atoms with Gasteiger partial charge in [0.25, 0.3) is 5.92 Å². The van der Waals surface area contributed by atoms with Crippen LogP contribution in [0.4, 0.5) is 13.6 Å². The fraction of sp³-hybridized carbons (Fsp3) is 0.852. The lowest BCUT2D eigenvalue weighted by atomic mass is 9.71. The molecule has 3 aliphatic rings. The van der Waals surface area contributed by atoms with Gasteiger partial charge >= 0.3 is 6.09 Å². The number of hydrogen-bond acceptors (Lipinski definition) is 5. The highest BCUT2D eigenvalue weighted by Crippen LogP contribution is 2.51. The SMILES string of the molecule is CN(CCN(C)C(=O)OC(C)(C)C)Cc1nn2c(c1C1CCC3(CC1)CC(C)(C)CO3)CC(F)(F)C2. The van der Waals surface area contributed by atoms with Gasteiger partial charge in [0.15, 0.2) is 0 Å². The second-order valence-electron chi connectivity index (χ2n) is 13.2. The summed E-state index contributed by atoms with van der Waals surface area (Å²) in [6.07, 6.45) is 4.31. The average molecular weight is 511 g/mol. The quantitative estimate of drug-likeness (QED) is 0.525. The van der Waals surface area contributed by atoms with E-state index in [9.17, 15) is 13.6 Å². The van der Waals surface area contributed by atoms with Crippen LogP contribution < -0.4 is 0 Å². The second kappa shape index (κ2) is 9.53. The number of alkyl halides is 2. The number of halogens is 2. The van der Waals surface area contributed by atoms with E-state index in [-0.39, 0.29) is 36.0 Å². The summed E-state index contributed by atoms with van der Waals surface area (Å²) in [5, 5.41) is 4.68. The van der Waals surface area contributed by atoms with Gasteiger partial charge in [0, 0.05) is 37.9 Å². The monoisotopic (exact) mass is 510 g/mol. The molecule has 1 aromatic heterocycles. The molecule has 1 aromatic rings. The fourth-order valence-corrected chi connectivity index (χ4v) is 6.15. The molecule has 7 nitrogen and oxygen atoms in total. The number of carbonyl (C=O) groups is 1. The Morgan fingerprint density at radius 2 is 1.86 bits per heavy atom. The Balaban J connectivity index is 1.43. The second-order valence-corrected chi connectivity index (χ2v) is 13.2. The van der Waals surface area contributed by atoms with Gasteiger partial charge in [-0.1, -0.05) is 13.8 Å². The normalized spacial score (nSPS) is 27.0. The summed E-state index contributed by atoms with van der Waals surface area (Å²) in [5.41, 5.74) is 2.26. The molecule has 0 bridgehead atoms. The number of likely N-dealkylation sites (N-methyl/N-ethyl adjacent to an activating group) is 2. The zero-order valence-electron chi connectivity index (χ0n) is 23.1. The molecule has 1 saturated carbocycles. The van der Waals surface area contributed by atoms with Gasteiger partial charge in [-0.15, -0.1) is 0 Å². The van der Waals surface area contributed by atoms with Crippen molar-refractivity contribution in [3.05, 3.63) is 17.0 Å². The number of nitrogens with zero attached hydrogens (tertiary/aromatic N) is 4. The molecule has 0 unspecified atom stereocenters. The summed E-state index contributed by atoms with van der Waals surface area (Å²) in [7, 11) is 3.71. The van der Waals surface area contributed by atoms with Gasteiger partial charge in [0.2, 0.25) is 0 Å². The van der Waals surface area contributed by atoms with Crippen LogP contribution in [0.25, 0.3) is 0 Å². The van der Waals surface area contributed by atoms with E-state index < -0.39 is 11.5 Å². The average Bonchev–Trinajstić information content (AvgIpc) is 3.32. The van der Waals surface area contributed by atoms with E-state index in [1.807, 2.05) is 27.8 Å². The van der Waals surface area contributed by atoms with Crippen LogP contribution in [0.3, 0.4) is 0 Å². The predicted molar refractivity (Wildman–Crippen MR) is 134 cm³/mol. The molecule has 0 N–H and O–H groups in total. The minimum Gasteiger partial charge on any atom is -0.444 e. The van der Waals surface area contributed by atoms with Crippen LogP contribution >= 0.6 is 0 Å². The van der Waals surface area contributed by atoms with Gasteiger partial charge < -0.3 is 14.4 Å². The van der Waals surface area contributed by atoms with E-state index >= 15 is 0 Å². The number of amides is 1. The van der Waals surface area contributed by atoms with Crippen LogP contribution in [-0.4, -0.2) is 76.6 Å². The lowest BCUT2D eigenvalue weighted by molar-refractivity contribution is -0.0296. The van der Waals surface area contributed by atoms with Gasteiger partial charge in [-0.25, -0.2) is 13.6 Å². The van der Waals surface area contributed by atoms with Crippen molar-refractivity contribution in [1.82, 2.24) is 19.6 Å². The summed E-state index contributed by atoms with van der Waals surface area (Å²) in [5.74, 6) is -2.50. The maximum Gasteiger partial charge on any atom is 0.410 e. The molecule has 1 spiro atoms. The summed E-state index contributed by atoms with van der Waals surface area (Å²) in [4.78, 5) is 16.0. The van der Waals surface area contributed by atoms with Crippen LogP contribution in [0.5, 0.6) is 0 Å². The van der Waals surface area contributed by atoms with Gasteiger partial charge in [-0.2, -0.15) is 5.10 Å². The minimum absolute atomic E-state index is 0.0521. The smallest absolute Gasteiger partial charge is 0.410 e. The van der Waals surface area contributed by atoms with Crippen molar-refractivity contribution in [2.75, 3.05) is 33.8 Å². The minimum atomic E-state index is -2.73. The van der Waals surface area contributed by atoms with E-state index in [4.69, 9.17) is 9.47 Å². The molecule has 2 fully saturated rings. The van der Waals surface area contributed by atoms with Crippen molar-refractivity contribution in [3.8, 4) is 0 Å². The van der Waals surface area contributed by atoms with Crippen molar-refractivity contribution in [1.29, 1.82) is 0 Å². The van der Waals surface area contributed by atoms with Gasteiger partial charge in [-0.3, -0.25) is 9.58 Å². The first-order chi connectivity index (χ1) is 16.6. The van der Waals surface area contributed by atoms with E-state index in [0.717, 1.165) is 50.0 Å². The Morgan fingerprint density at radius 1 is 1.19 bits per heavy atom. The third-order valence-electron chi connectivity index (χ3n) is 7.80. The third kappa shape index (κ3) is 6.21. The van der Waals surface area contributed by atoms with Crippen molar-refractivity contribution in [2.45, 2.75) is 109 Å². The van der Waals surface area contributed by atoms with Crippen molar-refractivity contribution >= 4 is 6.09 Å². The highest BCUT2D eigenvalue weighted by molar-refractivity contribution is 5.67. The summed E-state index contributed by atoms with van der Waals surface area (Å²) in [6.45, 7) is 12.2. The first-order valence-electron chi connectivity index (χ1n) is 13.3. The molecule has 0 aromatic carbocycles. The zero-order chi connectivity index (χ0) is 26.5. The fourth-order valence-electron chi connectivity index (χ4n) is 6.15. The molecule has 0 atom stereocenters. The van der Waals surface area contributed by atoms with Crippen molar-refractivity contribution in [3.63, 3.8) is 0 Å². The van der Waals surface area contributed by atoms with Gasteiger partial charge in [0.05, 0.1) is 24.3 Å². The van der Waals surface area contributed by atoms with E-state index in [1.54, 1.807) is 16.6 Å². The Labute approximate surface area is 214 Å². The maximum absolute atomic E-state index is 14.3. The standard InChI is InChI=1S/C27H44F2N4O3/c1-24(2,3)36-23(34)32(7)13-12-31(6)15-20-22(21-14-27(28,29)17-33(21)30-20)19-8-10-26(11-9-19)16-25(4,5)18-35-26/h19H,8-18H2,1-7H3. The summed E-state index contributed by atoms with van der Waals surface area (Å²) in [6, 6.07) is 0. The number of aromatic nitrogens is 2. The van der Waals surface area contributed by atoms with Crippen LogP contribution in [0.2, 0.25) is 0 Å². The number of hydrogen-bond donors (Lipinski definition) is 0. The van der Waals surface area contributed by atoms with Crippen molar-refractivity contribution < 1.29 is 23.0 Å². The topological polar surface area (TPSA) is 59.8 Å². The molecule has 2 aliphatic heterocycles. The van der Waals surface area contributed by atoms with Crippen LogP contribution in [-0.2, 0) is 29.0 Å². The van der Waals surface area contributed by atoms with E-state index in [1.165, 1.54) is 0 Å². The Kier molecular flexibility index (Phi) is 7.23. The summed E-state index contributed by atoms with van der Waals surface area (Å²) >= 11 is 0. The molecular formula is C27H44F2N4O3. The van der Waals surface area contributed by atoms with Gasteiger partial charge in [0.1, 0.15) is 12.1 Å². The molecule has 204 valence electrons. The number of carbonyl (C=O) groups excluding carboxylic acids is 1. The van der Waals surface area contributed by atoms with Crippen LogP contribution in [0.15, 0.2) is 0 Å². The molecule has 0 radical (unpaired) electrons. The Hall–Kier alpha value is -1.74. The van der Waals surface area contributed by atoms with E-state index in [2.05, 4.69) is 23.8 Å². The van der Waals surface area contributed by atoms with Crippen LogP contribution in [0, 0.1) is 5.41 Å². The molecule has 9 heteroatoms. The van der Waals surface area contributed by atoms with Crippen LogP contribution in [0.1, 0.15) is 89.6 Å². The highest BCUT2D eigenvalue weighted by Gasteiger charge is 2.48. The maximum atomic E-state index is 14.3. The predicted octanol–water partition coefficient (Wildman–Crippen LogP) is 5.22. The Bertz CT molecular complexity index is 961. The van der Waals surface area contributed by atoms with Crippen molar-refractivity contribution in [2.24, 2.45) is 5.41 Å². The molecule has 1 saturated heterocycles. The Morgan fingerprint density at radius 3 is 2.44 bits per heavy atom. The highest BCUT2D eigenvalue weighted by atomic mass is 19.3. The first-order valence-corrected chi connectivity index (χ1v) is 13.3. The van der Waals surface area contributed by atoms with E-state index in [0.29, 0.717) is 25.3 Å². The molecule has 1 amide bonds. The summed E-state index contributed by atoms with van der Waals surface area (Å²) < 4.78 is 41.9. The first kappa shape index (κ1) is 27.3. The van der Waals surface area contributed by atoms with Gasteiger partial charge in [-0.05, 0) is 71.3 Å². The number of rotatable bonds is 6.